The standard InChI is InChI=1S/C44H58N6O5/c1-30(2)24-37(49-41(53)34(25-31-12-5-3-6-13-31)28-38(51)36(46)26-32-14-7-4-8-15-32)39(52)27-33(16-9-10-20-45)43(55)50-22-18-44(19-23-50)29-48-42(54)40-35(44)17-11-21-47-40/h3-8,11-15,17,21,30,33-34,36-37H,9-10,16,18-20,22-29,45-46H2,1-2H3,(H,48,54)(H,49,53)/t33-,34-,36+,37+/m0/s1. The van der Waals surface area contributed by atoms with Crippen molar-refractivity contribution in [2.24, 2.45) is 29.2 Å². The number of fused-ring (bicyclic) bond motifs is 2. The van der Waals surface area contributed by atoms with Crippen LogP contribution in [0.1, 0.15) is 92.4 Å². The third-order valence-corrected chi connectivity index (χ3v) is 11.3. The van der Waals surface area contributed by atoms with Gasteiger partial charge in [-0.1, -0.05) is 87.0 Å². The monoisotopic (exact) mass is 750 g/mol. The third kappa shape index (κ3) is 11.2. The molecule has 3 heterocycles. The van der Waals surface area contributed by atoms with E-state index in [4.69, 9.17) is 11.5 Å². The number of carbonyl (C=O) groups excluding carboxylic acids is 5. The number of piperidine rings is 1. The Morgan fingerprint density at radius 1 is 0.855 bits per heavy atom. The number of nitrogens with zero attached hydrogens (tertiary/aromatic N) is 2. The van der Waals surface area contributed by atoms with Crippen molar-refractivity contribution in [3.8, 4) is 0 Å². The molecule has 2 aromatic carbocycles. The normalized spacial score (nSPS) is 17.1. The first kappa shape index (κ1) is 41.4. The second-order valence-electron chi connectivity index (χ2n) is 15.9. The number of carbonyl (C=O) groups is 5. The van der Waals surface area contributed by atoms with Gasteiger partial charge in [-0.25, -0.2) is 0 Å². The molecule has 5 rings (SSSR count). The molecule has 3 aromatic rings. The Kier molecular flexibility index (Phi) is 14.9. The van der Waals surface area contributed by atoms with Crippen LogP contribution in [-0.2, 0) is 37.4 Å². The number of likely N-dealkylation sites (tertiary alicyclic amines) is 1. The molecule has 55 heavy (non-hydrogen) atoms. The van der Waals surface area contributed by atoms with Crippen LogP contribution < -0.4 is 22.1 Å². The summed E-state index contributed by atoms with van der Waals surface area (Å²) >= 11 is 0. The molecule has 3 amide bonds. The van der Waals surface area contributed by atoms with Gasteiger partial charge in [-0.15, -0.1) is 0 Å². The molecular formula is C44H58N6O5. The summed E-state index contributed by atoms with van der Waals surface area (Å²) in [7, 11) is 0. The predicted octanol–water partition coefficient (Wildman–Crippen LogP) is 4.31. The molecule has 4 atom stereocenters. The number of rotatable bonds is 19. The molecule has 294 valence electrons. The van der Waals surface area contributed by atoms with Crippen LogP contribution in [0.5, 0.6) is 0 Å². The number of hydrogen-bond donors (Lipinski definition) is 4. The molecule has 6 N–H and O–H groups in total. The molecule has 1 aromatic heterocycles. The number of amides is 3. The van der Waals surface area contributed by atoms with Gasteiger partial charge in [0.1, 0.15) is 5.69 Å². The highest BCUT2D eigenvalue weighted by atomic mass is 16.2. The highest BCUT2D eigenvalue weighted by Gasteiger charge is 2.44. The van der Waals surface area contributed by atoms with Crippen molar-refractivity contribution in [1.29, 1.82) is 0 Å². The van der Waals surface area contributed by atoms with Crippen molar-refractivity contribution in [1.82, 2.24) is 20.5 Å². The van der Waals surface area contributed by atoms with Gasteiger partial charge in [0.2, 0.25) is 11.8 Å². The van der Waals surface area contributed by atoms with Crippen molar-refractivity contribution in [2.75, 3.05) is 26.2 Å². The van der Waals surface area contributed by atoms with Gasteiger partial charge < -0.3 is 27.0 Å². The Balaban J connectivity index is 1.28. The minimum absolute atomic E-state index is 0.00421. The molecule has 1 spiro atoms. The summed E-state index contributed by atoms with van der Waals surface area (Å²) in [6.07, 6.45) is 5.94. The number of ketones is 2. The van der Waals surface area contributed by atoms with Crippen molar-refractivity contribution < 1.29 is 24.0 Å². The molecule has 0 saturated carbocycles. The lowest BCUT2D eigenvalue weighted by Gasteiger charge is -2.45. The zero-order valence-electron chi connectivity index (χ0n) is 32.4. The van der Waals surface area contributed by atoms with E-state index in [9.17, 15) is 24.0 Å². The Labute approximate surface area is 325 Å². The quantitative estimate of drug-likeness (QED) is 0.131. The number of benzene rings is 2. The average Bonchev–Trinajstić information content (AvgIpc) is 3.19. The number of unbranched alkanes of at least 4 members (excludes halogenated alkanes) is 1. The van der Waals surface area contributed by atoms with E-state index >= 15 is 0 Å². The number of nitrogens with one attached hydrogen (secondary N) is 2. The zero-order chi connectivity index (χ0) is 39.4. The molecule has 0 radical (unpaired) electrons. The molecule has 1 fully saturated rings. The van der Waals surface area contributed by atoms with Crippen LogP contribution >= 0.6 is 0 Å². The summed E-state index contributed by atoms with van der Waals surface area (Å²) in [6, 6.07) is 21.3. The SMILES string of the molecule is CC(C)C[C@@H](NC(=O)[C@H](CC(=O)[C@H](N)Cc1ccccc1)Cc1ccccc1)C(=O)C[C@H](CCCCN)C(=O)N1CCC2(CC1)CNC(=O)c1ncccc12. The molecule has 0 bridgehead atoms. The Hall–Kier alpha value is -4.74. The minimum atomic E-state index is -0.817. The molecular weight excluding hydrogens is 693 g/mol. The Morgan fingerprint density at radius 3 is 2.13 bits per heavy atom. The van der Waals surface area contributed by atoms with Crippen molar-refractivity contribution in [3.63, 3.8) is 0 Å². The van der Waals surface area contributed by atoms with Gasteiger partial charge in [0.05, 0.1) is 12.1 Å². The fourth-order valence-electron chi connectivity index (χ4n) is 8.10. The van der Waals surface area contributed by atoms with Crippen molar-refractivity contribution in [2.45, 2.75) is 95.6 Å². The lowest BCUT2D eigenvalue weighted by Crippen LogP contribution is -2.54. The van der Waals surface area contributed by atoms with E-state index in [1.807, 2.05) is 91.5 Å². The van der Waals surface area contributed by atoms with Crippen LogP contribution in [0.2, 0.25) is 0 Å². The smallest absolute Gasteiger partial charge is 0.270 e. The highest BCUT2D eigenvalue weighted by molar-refractivity contribution is 5.96. The predicted molar refractivity (Wildman–Crippen MR) is 213 cm³/mol. The number of hydrogen-bond acceptors (Lipinski definition) is 8. The fourth-order valence-corrected chi connectivity index (χ4v) is 8.10. The lowest BCUT2D eigenvalue weighted by atomic mass is 9.70. The van der Waals surface area contributed by atoms with Crippen LogP contribution in [0.15, 0.2) is 79.0 Å². The van der Waals surface area contributed by atoms with Gasteiger partial charge in [0, 0.05) is 55.9 Å². The molecule has 11 nitrogen and oxygen atoms in total. The number of nitrogens with two attached hydrogens (primary N) is 2. The van der Waals surface area contributed by atoms with Gasteiger partial charge in [-0.2, -0.15) is 0 Å². The third-order valence-electron chi connectivity index (χ3n) is 11.3. The van der Waals surface area contributed by atoms with E-state index in [0.29, 0.717) is 76.8 Å². The molecule has 2 aliphatic rings. The summed E-state index contributed by atoms with van der Waals surface area (Å²) in [5.41, 5.74) is 15.1. The maximum atomic E-state index is 14.2. The van der Waals surface area contributed by atoms with Gasteiger partial charge in [-0.3, -0.25) is 29.0 Å². The van der Waals surface area contributed by atoms with Gasteiger partial charge in [-0.05, 0) is 80.2 Å². The first-order valence-electron chi connectivity index (χ1n) is 19.9. The first-order valence-corrected chi connectivity index (χ1v) is 19.9. The van der Waals surface area contributed by atoms with Crippen LogP contribution in [0, 0.1) is 17.8 Å². The average molecular weight is 751 g/mol. The molecule has 1 saturated heterocycles. The van der Waals surface area contributed by atoms with Crippen molar-refractivity contribution >= 4 is 29.3 Å². The van der Waals surface area contributed by atoms with E-state index in [1.165, 1.54) is 0 Å². The second-order valence-corrected chi connectivity index (χ2v) is 15.9. The molecule has 11 heteroatoms. The maximum absolute atomic E-state index is 14.2. The summed E-state index contributed by atoms with van der Waals surface area (Å²) in [5, 5.41) is 6.03. The highest BCUT2D eigenvalue weighted by Crippen LogP contribution is 2.39. The molecule has 0 aliphatic carbocycles. The van der Waals surface area contributed by atoms with Crippen LogP contribution in [0.3, 0.4) is 0 Å². The lowest BCUT2D eigenvalue weighted by molar-refractivity contribution is -0.140. The second kappa shape index (κ2) is 19.7. The summed E-state index contributed by atoms with van der Waals surface area (Å²) < 4.78 is 0. The minimum Gasteiger partial charge on any atom is -0.350 e. The van der Waals surface area contributed by atoms with Crippen molar-refractivity contribution in [3.05, 3.63) is 101 Å². The van der Waals surface area contributed by atoms with Crippen LogP contribution in [0.4, 0.5) is 0 Å². The Bertz CT molecular complexity index is 1760. The Morgan fingerprint density at radius 2 is 1.49 bits per heavy atom. The summed E-state index contributed by atoms with van der Waals surface area (Å²) in [6.45, 7) is 5.97. The fraction of sp³-hybridized carbons (Fsp3) is 0.500. The number of pyridine rings is 1. The molecule has 2 aliphatic heterocycles. The van der Waals surface area contributed by atoms with Crippen LogP contribution in [0.25, 0.3) is 0 Å². The number of Topliss-reactive ketones (excluding diaryl/α,β-unsaturated/α-hetero) is 2. The van der Waals surface area contributed by atoms with Gasteiger partial charge in [0.15, 0.2) is 11.6 Å². The summed E-state index contributed by atoms with van der Waals surface area (Å²) in [5.74, 6) is -2.22. The molecule has 0 unspecified atom stereocenters. The van der Waals surface area contributed by atoms with E-state index in [-0.39, 0.29) is 53.5 Å². The van der Waals surface area contributed by atoms with E-state index in [2.05, 4.69) is 15.6 Å². The van der Waals surface area contributed by atoms with E-state index in [0.717, 1.165) is 23.1 Å². The van der Waals surface area contributed by atoms with Gasteiger partial charge >= 0.3 is 0 Å². The van der Waals surface area contributed by atoms with Gasteiger partial charge in [0.25, 0.3) is 5.91 Å². The zero-order valence-corrected chi connectivity index (χ0v) is 32.4. The van der Waals surface area contributed by atoms with Crippen LogP contribution in [-0.4, -0.2) is 77.4 Å². The number of aromatic nitrogens is 1. The van der Waals surface area contributed by atoms with E-state index < -0.39 is 23.9 Å². The van der Waals surface area contributed by atoms with E-state index in [1.54, 1.807) is 6.20 Å². The topological polar surface area (TPSA) is 178 Å². The maximum Gasteiger partial charge on any atom is 0.270 e. The summed E-state index contributed by atoms with van der Waals surface area (Å²) in [4.78, 5) is 74.7. The first-order chi connectivity index (χ1) is 26.5. The largest absolute Gasteiger partial charge is 0.350 e.